The number of carbonyl (C=O) groups is 1. The molecule has 0 saturated carbocycles. The molecule has 0 spiro atoms. The Bertz CT molecular complexity index is 653. The van der Waals surface area contributed by atoms with E-state index < -0.39 is 0 Å². The summed E-state index contributed by atoms with van der Waals surface area (Å²) in [4.78, 5) is 11.8. The molecule has 2 aromatic carbocycles. The number of nitrogens with one attached hydrogen (secondary N) is 2. The Morgan fingerprint density at radius 1 is 1.05 bits per heavy atom. The van der Waals surface area contributed by atoms with Crippen molar-refractivity contribution in [1.29, 1.82) is 0 Å². The second kappa shape index (κ2) is 7.50. The largest absolute Gasteiger partial charge is 0.492 e. The zero-order valence-corrected chi connectivity index (χ0v) is 13.3. The van der Waals surface area contributed by atoms with E-state index in [1.165, 1.54) is 5.56 Å². The maximum absolute atomic E-state index is 11.8. The topological polar surface area (TPSA) is 50.4 Å². The van der Waals surface area contributed by atoms with E-state index in [9.17, 15) is 4.79 Å². The molecule has 0 unspecified atom stereocenters. The molecule has 2 amide bonds. The summed E-state index contributed by atoms with van der Waals surface area (Å²) in [5.74, 6) is 0.816. The predicted octanol–water partition coefficient (Wildman–Crippen LogP) is 3.81. The van der Waals surface area contributed by atoms with Crippen LogP contribution in [0, 0.1) is 20.8 Å². The molecule has 0 heterocycles. The minimum atomic E-state index is -0.222. The van der Waals surface area contributed by atoms with Crippen LogP contribution < -0.4 is 15.4 Å². The highest BCUT2D eigenvalue weighted by Crippen LogP contribution is 2.15. The number of anilines is 1. The number of urea groups is 1. The molecular formula is C18H22N2O2. The van der Waals surface area contributed by atoms with E-state index in [1.54, 1.807) is 0 Å². The fourth-order valence-corrected chi connectivity index (χ4v) is 2.16. The molecular weight excluding hydrogens is 276 g/mol. The molecule has 2 N–H and O–H groups in total. The third-order valence-corrected chi connectivity index (χ3v) is 3.28. The maximum atomic E-state index is 11.8. The molecule has 2 rings (SSSR count). The molecule has 0 aromatic heterocycles. The fraction of sp³-hybridized carbons (Fsp3) is 0.278. The van der Waals surface area contributed by atoms with Crippen molar-refractivity contribution in [3.8, 4) is 5.75 Å². The van der Waals surface area contributed by atoms with Gasteiger partial charge in [-0.05, 0) is 50.1 Å². The Morgan fingerprint density at radius 2 is 1.82 bits per heavy atom. The zero-order chi connectivity index (χ0) is 15.9. The molecule has 0 radical (unpaired) electrons. The predicted molar refractivity (Wildman–Crippen MR) is 89.6 cm³/mol. The van der Waals surface area contributed by atoms with Gasteiger partial charge in [0.2, 0.25) is 0 Å². The number of aryl methyl sites for hydroxylation is 3. The summed E-state index contributed by atoms with van der Waals surface area (Å²) < 4.78 is 5.58. The van der Waals surface area contributed by atoms with Crippen molar-refractivity contribution < 1.29 is 9.53 Å². The van der Waals surface area contributed by atoms with Crippen LogP contribution in [0.4, 0.5) is 10.5 Å². The summed E-state index contributed by atoms with van der Waals surface area (Å²) in [5.41, 5.74) is 4.20. The Morgan fingerprint density at radius 3 is 2.55 bits per heavy atom. The van der Waals surface area contributed by atoms with Crippen molar-refractivity contribution in [2.75, 3.05) is 18.5 Å². The lowest BCUT2D eigenvalue weighted by Crippen LogP contribution is -2.32. The molecule has 0 bridgehead atoms. The molecule has 0 aliphatic heterocycles. The van der Waals surface area contributed by atoms with Crippen LogP contribution in [-0.2, 0) is 0 Å². The summed E-state index contributed by atoms with van der Waals surface area (Å²) >= 11 is 0. The van der Waals surface area contributed by atoms with E-state index in [-0.39, 0.29) is 6.03 Å². The minimum Gasteiger partial charge on any atom is -0.492 e. The van der Waals surface area contributed by atoms with Gasteiger partial charge in [0.05, 0.1) is 6.54 Å². The van der Waals surface area contributed by atoms with E-state index in [4.69, 9.17) is 4.74 Å². The SMILES string of the molecule is Cc1cccc(OCCNC(=O)Nc2ccc(C)cc2C)c1. The number of hydrogen-bond acceptors (Lipinski definition) is 2. The van der Waals surface area contributed by atoms with E-state index in [2.05, 4.69) is 10.6 Å². The van der Waals surface area contributed by atoms with E-state index in [1.807, 2.05) is 63.2 Å². The van der Waals surface area contributed by atoms with Crippen LogP contribution >= 0.6 is 0 Å². The fourth-order valence-electron chi connectivity index (χ4n) is 2.16. The summed E-state index contributed by atoms with van der Waals surface area (Å²) in [6, 6.07) is 13.5. The van der Waals surface area contributed by atoms with Crippen molar-refractivity contribution in [3.05, 3.63) is 59.2 Å². The Hall–Kier alpha value is -2.49. The lowest BCUT2D eigenvalue weighted by atomic mass is 10.1. The van der Waals surface area contributed by atoms with Gasteiger partial charge in [0.1, 0.15) is 12.4 Å². The van der Waals surface area contributed by atoms with Crippen LogP contribution in [-0.4, -0.2) is 19.2 Å². The molecule has 4 heteroatoms. The van der Waals surface area contributed by atoms with E-state index in [0.717, 1.165) is 22.6 Å². The zero-order valence-electron chi connectivity index (χ0n) is 13.3. The number of rotatable bonds is 5. The van der Waals surface area contributed by atoms with Crippen LogP contribution in [0.5, 0.6) is 5.75 Å². The lowest BCUT2D eigenvalue weighted by Gasteiger charge is -2.11. The van der Waals surface area contributed by atoms with Crippen LogP contribution in [0.1, 0.15) is 16.7 Å². The third kappa shape index (κ3) is 4.81. The van der Waals surface area contributed by atoms with Gasteiger partial charge in [-0.3, -0.25) is 0 Å². The first-order valence-corrected chi connectivity index (χ1v) is 7.36. The summed E-state index contributed by atoms with van der Waals surface area (Å²) in [5, 5.41) is 5.62. The molecule has 116 valence electrons. The quantitative estimate of drug-likeness (QED) is 0.825. The third-order valence-electron chi connectivity index (χ3n) is 3.28. The second-order valence-electron chi connectivity index (χ2n) is 5.36. The Kier molecular flexibility index (Phi) is 5.42. The Labute approximate surface area is 131 Å². The Balaban J connectivity index is 1.74. The number of carbonyl (C=O) groups excluding carboxylic acids is 1. The number of ether oxygens (including phenoxy) is 1. The van der Waals surface area contributed by atoms with Crippen molar-refractivity contribution in [2.45, 2.75) is 20.8 Å². The van der Waals surface area contributed by atoms with Gasteiger partial charge < -0.3 is 15.4 Å². The lowest BCUT2D eigenvalue weighted by molar-refractivity contribution is 0.247. The molecule has 4 nitrogen and oxygen atoms in total. The normalized spacial score (nSPS) is 10.1. The van der Waals surface area contributed by atoms with Crippen LogP contribution in [0.25, 0.3) is 0 Å². The molecule has 0 aliphatic carbocycles. The summed E-state index contributed by atoms with van der Waals surface area (Å²) in [7, 11) is 0. The highest BCUT2D eigenvalue weighted by molar-refractivity contribution is 5.90. The van der Waals surface area contributed by atoms with Gasteiger partial charge in [-0.2, -0.15) is 0 Å². The smallest absolute Gasteiger partial charge is 0.319 e. The van der Waals surface area contributed by atoms with Crippen molar-refractivity contribution in [2.24, 2.45) is 0 Å². The van der Waals surface area contributed by atoms with E-state index in [0.29, 0.717) is 13.2 Å². The monoisotopic (exact) mass is 298 g/mol. The second-order valence-corrected chi connectivity index (χ2v) is 5.36. The van der Waals surface area contributed by atoms with Gasteiger partial charge in [-0.15, -0.1) is 0 Å². The van der Waals surface area contributed by atoms with Gasteiger partial charge in [0.15, 0.2) is 0 Å². The first-order chi connectivity index (χ1) is 10.5. The van der Waals surface area contributed by atoms with Crippen LogP contribution in [0.2, 0.25) is 0 Å². The minimum absolute atomic E-state index is 0.222. The van der Waals surface area contributed by atoms with Crippen molar-refractivity contribution >= 4 is 11.7 Å². The molecule has 0 aliphatic rings. The molecule has 22 heavy (non-hydrogen) atoms. The van der Waals surface area contributed by atoms with Gasteiger partial charge in [-0.25, -0.2) is 4.79 Å². The molecule has 0 atom stereocenters. The van der Waals surface area contributed by atoms with Gasteiger partial charge in [0.25, 0.3) is 0 Å². The van der Waals surface area contributed by atoms with Crippen LogP contribution in [0.15, 0.2) is 42.5 Å². The molecule has 2 aromatic rings. The van der Waals surface area contributed by atoms with Gasteiger partial charge in [-0.1, -0.05) is 29.8 Å². The standard InChI is InChI=1S/C18H22N2O2/c1-13-5-4-6-16(12-13)22-10-9-19-18(21)20-17-8-7-14(2)11-15(17)3/h4-8,11-12H,9-10H2,1-3H3,(H2,19,20,21). The van der Waals surface area contributed by atoms with Gasteiger partial charge >= 0.3 is 6.03 Å². The van der Waals surface area contributed by atoms with Gasteiger partial charge in [0, 0.05) is 5.69 Å². The highest BCUT2D eigenvalue weighted by Gasteiger charge is 2.04. The summed E-state index contributed by atoms with van der Waals surface area (Å²) in [6.07, 6.45) is 0. The number of benzene rings is 2. The highest BCUT2D eigenvalue weighted by atomic mass is 16.5. The van der Waals surface area contributed by atoms with Crippen molar-refractivity contribution in [3.63, 3.8) is 0 Å². The number of hydrogen-bond donors (Lipinski definition) is 2. The van der Waals surface area contributed by atoms with E-state index >= 15 is 0 Å². The molecule has 0 saturated heterocycles. The first kappa shape index (κ1) is 15.9. The van der Waals surface area contributed by atoms with Crippen molar-refractivity contribution in [1.82, 2.24) is 5.32 Å². The molecule has 0 fully saturated rings. The maximum Gasteiger partial charge on any atom is 0.319 e. The number of amides is 2. The average molecular weight is 298 g/mol. The summed E-state index contributed by atoms with van der Waals surface area (Å²) in [6.45, 7) is 6.90. The first-order valence-electron chi connectivity index (χ1n) is 7.36. The average Bonchev–Trinajstić information content (AvgIpc) is 2.47. The van der Waals surface area contributed by atoms with Crippen LogP contribution in [0.3, 0.4) is 0 Å².